The maximum Gasteiger partial charge on any atom is 0.229 e. The predicted molar refractivity (Wildman–Crippen MR) is 85.9 cm³/mol. The maximum atomic E-state index is 12.5. The highest BCUT2D eigenvalue weighted by Crippen LogP contribution is 2.24. The van der Waals surface area contributed by atoms with Crippen molar-refractivity contribution in [2.45, 2.75) is 39.5 Å². The highest BCUT2D eigenvalue weighted by Gasteiger charge is 2.21. The van der Waals surface area contributed by atoms with Gasteiger partial charge in [0.15, 0.2) is 0 Å². The number of hydrogen-bond donors (Lipinski definition) is 0. The molecule has 0 N–H and O–H groups in total. The molecule has 0 radical (unpaired) electrons. The molecule has 0 bridgehead atoms. The van der Waals surface area contributed by atoms with Gasteiger partial charge in [-0.25, -0.2) is 0 Å². The number of nitrogens with zero attached hydrogens (tertiary/aromatic N) is 1. The molecule has 0 aliphatic carbocycles. The Hall–Kier alpha value is -0.580. The molecule has 1 amide bonds. The van der Waals surface area contributed by atoms with Crippen molar-refractivity contribution in [1.29, 1.82) is 0 Å². The molecule has 3 heteroatoms. The SMILES string of the molecule is CCCCC(CC)C(=O)N(C)c1ccccc1I. The molecule has 0 heterocycles. The van der Waals surface area contributed by atoms with E-state index in [0.717, 1.165) is 34.9 Å². The van der Waals surface area contributed by atoms with E-state index in [1.54, 1.807) is 0 Å². The summed E-state index contributed by atoms with van der Waals surface area (Å²) in [5.74, 6) is 0.404. The average Bonchev–Trinajstić information content (AvgIpc) is 2.39. The lowest BCUT2D eigenvalue weighted by Crippen LogP contribution is -2.33. The number of benzene rings is 1. The van der Waals surface area contributed by atoms with Gasteiger partial charge in [0.25, 0.3) is 0 Å². The summed E-state index contributed by atoms with van der Waals surface area (Å²) < 4.78 is 1.12. The summed E-state index contributed by atoms with van der Waals surface area (Å²) in [7, 11) is 1.88. The van der Waals surface area contributed by atoms with E-state index in [1.807, 2.05) is 36.2 Å². The van der Waals surface area contributed by atoms with E-state index in [9.17, 15) is 4.79 Å². The van der Waals surface area contributed by atoms with Crippen molar-refractivity contribution < 1.29 is 4.79 Å². The minimum atomic E-state index is 0.158. The van der Waals surface area contributed by atoms with Gasteiger partial charge < -0.3 is 4.90 Å². The summed E-state index contributed by atoms with van der Waals surface area (Å²) in [6.07, 6.45) is 4.20. The maximum absolute atomic E-state index is 12.5. The summed E-state index contributed by atoms with van der Waals surface area (Å²) in [5, 5.41) is 0. The Morgan fingerprint density at radius 2 is 2.00 bits per heavy atom. The van der Waals surface area contributed by atoms with Crippen LogP contribution >= 0.6 is 22.6 Å². The Bertz CT molecular complexity index is 392. The van der Waals surface area contributed by atoms with Crippen LogP contribution in [0.2, 0.25) is 0 Å². The van der Waals surface area contributed by atoms with Gasteiger partial charge in [-0.15, -0.1) is 0 Å². The van der Waals surface area contributed by atoms with Gasteiger partial charge in [-0.3, -0.25) is 4.79 Å². The first-order valence-corrected chi connectivity index (χ1v) is 7.71. The van der Waals surface area contributed by atoms with Crippen LogP contribution in [0.5, 0.6) is 0 Å². The van der Waals surface area contributed by atoms with Crippen LogP contribution in [0, 0.1) is 9.49 Å². The van der Waals surface area contributed by atoms with Gasteiger partial charge in [-0.1, -0.05) is 38.8 Å². The number of anilines is 1. The third-order valence-corrected chi connectivity index (χ3v) is 4.20. The first kappa shape index (κ1) is 15.5. The van der Waals surface area contributed by atoms with Crippen molar-refractivity contribution in [3.05, 3.63) is 27.8 Å². The van der Waals surface area contributed by atoms with Crippen LogP contribution in [-0.4, -0.2) is 13.0 Å². The number of unbranched alkanes of at least 4 members (excludes halogenated alkanes) is 1. The summed E-state index contributed by atoms with van der Waals surface area (Å²) in [4.78, 5) is 14.3. The summed E-state index contributed by atoms with van der Waals surface area (Å²) in [6.45, 7) is 4.27. The van der Waals surface area contributed by atoms with Gasteiger partial charge in [0.1, 0.15) is 0 Å². The van der Waals surface area contributed by atoms with Crippen LogP contribution in [0.1, 0.15) is 39.5 Å². The van der Waals surface area contributed by atoms with Crippen LogP contribution in [-0.2, 0) is 4.79 Å². The molecular formula is C15H22INO. The topological polar surface area (TPSA) is 20.3 Å². The zero-order valence-electron chi connectivity index (χ0n) is 11.4. The van der Waals surface area contributed by atoms with Crippen LogP contribution < -0.4 is 4.90 Å². The standard InChI is InChI=1S/C15H22INO/c1-4-6-9-12(5-2)15(18)17(3)14-11-8-7-10-13(14)16/h7-8,10-12H,4-6,9H2,1-3H3. The molecule has 0 fully saturated rings. The molecule has 1 atom stereocenters. The Balaban J connectivity index is 2.79. The Kier molecular flexibility index (Phi) is 6.68. The summed E-state index contributed by atoms with van der Waals surface area (Å²) in [6, 6.07) is 8.02. The van der Waals surface area contributed by atoms with E-state index in [2.05, 4.69) is 36.4 Å². The molecule has 0 aromatic heterocycles. The van der Waals surface area contributed by atoms with Gasteiger partial charge >= 0.3 is 0 Å². The zero-order chi connectivity index (χ0) is 13.5. The molecule has 0 aliphatic heterocycles. The Labute approximate surface area is 124 Å². The summed E-state index contributed by atoms with van der Waals surface area (Å²) in [5.41, 5.74) is 1.01. The quantitative estimate of drug-likeness (QED) is 0.687. The first-order valence-electron chi connectivity index (χ1n) is 6.63. The van der Waals surface area contributed by atoms with Crippen molar-refractivity contribution in [2.24, 2.45) is 5.92 Å². The van der Waals surface area contributed by atoms with Crippen LogP contribution in [0.3, 0.4) is 0 Å². The number of para-hydroxylation sites is 1. The molecule has 2 nitrogen and oxygen atoms in total. The monoisotopic (exact) mass is 359 g/mol. The lowest BCUT2D eigenvalue weighted by molar-refractivity contribution is -0.122. The van der Waals surface area contributed by atoms with Gasteiger partial charge in [-0.2, -0.15) is 0 Å². The molecule has 18 heavy (non-hydrogen) atoms. The smallest absolute Gasteiger partial charge is 0.229 e. The number of halogens is 1. The highest BCUT2D eigenvalue weighted by atomic mass is 127. The van der Waals surface area contributed by atoms with Crippen molar-refractivity contribution in [2.75, 3.05) is 11.9 Å². The Morgan fingerprint density at radius 1 is 1.33 bits per heavy atom. The molecule has 0 aliphatic rings. The molecule has 1 aromatic rings. The van der Waals surface area contributed by atoms with Crippen molar-refractivity contribution in [1.82, 2.24) is 0 Å². The second-order valence-corrected chi connectivity index (χ2v) is 5.76. The summed E-state index contributed by atoms with van der Waals surface area (Å²) >= 11 is 2.28. The van der Waals surface area contributed by atoms with Gasteiger partial charge in [-0.05, 0) is 47.6 Å². The first-order chi connectivity index (χ1) is 8.61. The third-order valence-electron chi connectivity index (χ3n) is 3.29. The van der Waals surface area contributed by atoms with E-state index in [0.29, 0.717) is 0 Å². The minimum absolute atomic E-state index is 0.158. The second kappa shape index (κ2) is 7.77. The fraction of sp³-hybridized carbons (Fsp3) is 0.533. The van der Waals surface area contributed by atoms with Crippen molar-refractivity contribution in [3.8, 4) is 0 Å². The highest BCUT2D eigenvalue weighted by molar-refractivity contribution is 14.1. The van der Waals surface area contributed by atoms with Gasteiger partial charge in [0.2, 0.25) is 5.91 Å². The molecule has 0 saturated heterocycles. The molecule has 1 unspecified atom stereocenters. The molecule has 0 saturated carbocycles. The number of hydrogen-bond acceptors (Lipinski definition) is 1. The number of amides is 1. The molecule has 100 valence electrons. The van der Waals surface area contributed by atoms with Crippen molar-refractivity contribution in [3.63, 3.8) is 0 Å². The van der Waals surface area contributed by atoms with E-state index in [1.165, 1.54) is 0 Å². The lowest BCUT2D eigenvalue weighted by Gasteiger charge is -2.24. The van der Waals surface area contributed by atoms with Crippen molar-refractivity contribution >= 4 is 34.2 Å². The molecule has 0 spiro atoms. The lowest BCUT2D eigenvalue weighted by atomic mass is 9.97. The largest absolute Gasteiger partial charge is 0.314 e. The third kappa shape index (κ3) is 3.97. The molecule has 1 aromatic carbocycles. The fourth-order valence-corrected chi connectivity index (χ4v) is 2.82. The van der Waals surface area contributed by atoms with Crippen LogP contribution in [0.15, 0.2) is 24.3 Å². The van der Waals surface area contributed by atoms with E-state index in [-0.39, 0.29) is 11.8 Å². The minimum Gasteiger partial charge on any atom is -0.314 e. The van der Waals surface area contributed by atoms with E-state index < -0.39 is 0 Å². The van der Waals surface area contributed by atoms with Crippen LogP contribution in [0.4, 0.5) is 5.69 Å². The average molecular weight is 359 g/mol. The molecule has 1 rings (SSSR count). The zero-order valence-corrected chi connectivity index (χ0v) is 13.6. The Morgan fingerprint density at radius 3 is 2.56 bits per heavy atom. The van der Waals surface area contributed by atoms with Gasteiger partial charge in [0, 0.05) is 16.5 Å². The molecular weight excluding hydrogens is 337 g/mol. The van der Waals surface area contributed by atoms with E-state index in [4.69, 9.17) is 0 Å². The fourth-order valence-electron chi connectivity index (χ4n) is 2.07. The predicted octanol–water partition coefficient (Wildman–Crippen LogP) is 4.47. The normalized spacial score (nSPS) is 12.2. The number of rotatable bonds is 6. The number of carbonyl (C=O) groups is 1. The van der Waals surface area contributed by atoms with Gasteiger partial charge in [0.05, 0.1) is 5.69 Å². The van der Waals surface area contributed by atoms with E-state index >= 15 is 0 Å². The second-order valence-electron chi connectivity index (χ2n) is 4.60. The van der Waals surface area contributed by atoms with Crippen LogP contribution in [0.25, 0.3) is 0 Å². The number of carbonyl (C=O) groups excluding carboxylic acids is 1.